The molecule has 138 valence electrons. The highest BCUT2D eigenvalue weighted by atomic mass is 16.4. The van der Waals surface area contributed by atoms with Crippen LogP contribution in [0.2, 0.25) is 0 Å². The summed E-state index contributed by atoms with van der Waals surface area (Å²) in [5.41, 5.74) is 4.66. The van der Waals surface area contributed by atoms with Crippen molar-refractivity contribution in [3.05, 3.63) is 84.9 Å². The maximum Gasteiger partial charge on any atom is 0.299 e. The quantitative estimate of drug-likeness (QED) is 0.443. The maximum atomic E-state index is 5.73. The lowest BCUT2D eigenvalue weighted by Crippen LogP contribution is -1.94. The Bertz CT molecular complexity index is 1170. The predicted molar refractivity (Wildman–Crippen MR) is 113 cm³/mol. The Kier molecular flexibility index (Phi) is 4.72. The van der Waals surface area contributed by atoms with Crippen LogP contribution in [0, 0.1) is 6.92 Å². The van der Waals surface area contributed by atoms with E-state index in [0.29, 0.717) is 11.8 Å². The number of hydrogen-bond donors (Lipinski definition) is 1. The van der Waals surface area contributed by atoms with Crippen molar-refractivity contribution in [3.8, 4) is 11.3 Å². The van der Waals surface area contributed by atoms with E-state index in [9.17, 15) is 0 Å². The fourth-order valence-electron chi connectivity index (χ4n) is 3.06. The molecule has 2 aromatic carbocycles. The summed E-state index contributed by atoms with van der Waals surface area (Å²) in [6.07, 6.45) is 5.30. The number of benzene rings is 2. The summed E-state index contributed by atoms with van der Waals surface area (Å²) < 4.78 is 5.73. The molecule has 0 radical (unpaired) electrons. The molecule has 5 heteroatoms. The summed E-state index contributed by atoms with van der Waals surface area (Å²) >= 11 is 0. The van der Waals surface area contributed by atoms with Crippen molar-refractivity contribution < 1.29 is 4.42 Å². The van der Waals surface area contributed by atoms with Crippen LogP contribution < -0.4 is 5.32 Å². The normalized spacial score (nSPS) is 11.6. The number of allylic oxidation sites excluding steroid dienone is 3. The van der Waals surface area contributed by atoms with Gasteiger partial charge in [0.25, 0.3) is 6.01 Å². The van der Waals surface area contributed by atoms with Gasteiger partial charge in [-0.2, -0.15) is 5.10 Å². The molecule has 2 heterocycles. The van der Waals surface area contributed by atoms with Gasteiger partial charge in [-0.3, -0.25) is 0 Å². The van der Waals surface area contributed by atoms with Crippen LogP contribution in [-0.2, 0) is 0 Å². The minimum atomic E-state index is 0.445. The molecule has 0 aliphatic carbocycles. The molecule has 28 heavy (non-hydrogen) atoms. The first-order valence-electron chi connectivity index (χ1n) is 9.00. The molecule has 0 saturated heterocycles. The standard InChI is InChI=1S/C23H20N4O/c1-4-7-15(2)21-14-24-23(28-21)25-18-12-10-17(11-13-18)22-20-9-6-5-8-19(20)16(3)26-27-22/h4-14H,1H2,2-3H3,(H,24,25)/b15-7+. The van der Waals surface area contributed by atoms with Gasteiger partial charge in [-0.1, -0.05) is 55.1 Å². The Labute approximate surface area is 163 Å². The summed E-state index contributed by atoms with van der Waals surface area (Å²) in [6, 6.07) is 16.6. The first-order valence-corrected chi connectivity index (χ1v) is 9.00. The molecule has 4 aromatic rings. The van der Waals surface area contributed by atoms with Gasteiger partial charge in [0, 0.05) is 22.0 Å². The van der Waals surface area contributed by atoms with Crippen LogP contribution in [0.1, 0.15) is 18.4 Å². The number of nitrogens with zero attached hydrogens (tertiary/aromatic N) is 3. The van der Waals surface area contributed by atoms with Crippen LogP contribution in [0.25, 0.3) is 27.6 Å². The van der Waals surface area contributed by atoms with Gasteiger partial charge in [0.2, 0.25) is 0 Å². The molecule has 4 rings (SSSR count). The lowest BCUT2D eigenvalue weighted by atomic mass is 10.0. The van der Waals surface area contributed by atoms with Gasteiger partial charge < -0.3 is 9.73 Å². The molecule has 0 aliphatic heterocycles. The van der Waals surface area contributed by atoms with Crippen LogP contribution in [-0.4, -0.2) is 15.2 Å². The van der Waals surface area contributed by atoms with Crippen LogP contribution in [0.15, 0.2) is 77.9 Å². The predicted octanol–water partition coefficient (Wildman–Crippen LogP) is 5.93. The summed E-state index contributed by atoms with van der Waals surface area (Å²) in [7, 11) is 0. The van der Waals surface area contributed by atoms with Gasteiger partial charge in [-0.15, -0.1) is 5.10 Å². The van der Waals surface area contributed by atoms with Gasteiger partial charge in [0.15, 0.2) is 5.76 Å². The highest BCUT2D eigenvalue weighted by Gasteiger charge is 2.09. The molecule has 0 fully saturated rings. The molecule has 0 spiro atoms. The van der Waals surface area contributed by atoms with Crippen molar-refractivity contribution in [2.75, 3.05) is 5.32 Å². The number of nitrogens with one attached hydrogen (secondary N) is 1. The zero-order valence-corrected chi connectivity index (χ0v) is 15.8. The molecule has 0 amide bonds. The third-order valence-corrected chi connectivity index (χ3v) is 4.54. The first-order chi connectivity index (χ1) is 13.7. The van der Waals surface area contributed by atoms with Gasteiger partial charge in [0.1, 0.15) is 5.69 Å². The van der Waals surface area contributed by atoms with Crippen molar-refractivity contribution in [2.45, 2.75) is 13.8 Å². The Morgan fingerprint density at radius 1 is 1.04 bits per heavy atom. The van der Waals surface area contributed by atoms with E-state index in [0.717, 1.165) is 39.0 Å². The van der Waals surface area contributed by atoms with Crippen molar-refractivity contribution in [1.29, 1.82) is 0 Å². The van der Waals surface area contributed by atoms with E-state index in [4.69, 9.17) is 4.42 Å². The van der Waals surface area contributed by atoms with E-state index < -0.39 is 0 Å². The smallest absolute Gasteiger partial charge is 0.299 e. The Balaban J connectivity index is 1.59. The molecular formula is C23H20N4O. The number of fused-ring (bicyclic) bond motifs is 1. The fourth-order valence-corrected chi connectivity index (χ4v) is 3.06. The van der Waals surface area contributed by atoms with Crippen LogP contribution in [0.5, 0.6) is 0 Å². The SMILES string of the molecule is C=C/C=C(\C)c1cnc(Nc2ccc(-c3nnc(C)c4ccccc34)cc2)o1. The fraction of sp³-hybridized carbons (Fsp3) is 0.0870. The van der Waals surface area contributed by atoms with Gasteiger partial charge >= 0.3 is 0 Å². The first kappa shape index (κ1) is 17.7. The Morgan fingerprint density at radius 3 is 2.54 bits per heavy atom. The highest BCUT2D eigenvalue weighted by Crippen LogP contribution is 2.29. The van der Waals surface area contributed by atoms with E-state index in [1.54, 1.807) is 12.3 Å². The average molecular weight is 368 g/mol. The van der Waals surface area contributed by atoms with Crippen molar-refractivity contribution in [2.24, 2.45) is 0 Å². The second-order valence-electron chi connectivity index (χ2n) is 6.50. The topological polar surface area (TPSA) is 63.8 Å². The van der Waals surface area contributed by atoms with Crippen LogP contribution in [0.3, 0.4) is 0 Å². The second kappa shape index (κ2) is 7.48. The largest absolute Gasteiger partial charge is 0.424 e. The Hall–Kier alpha value is -3.73. The maximum absolute atomic E-state index is 5.73. The summed E-state index contributed by atoms with van der Waals surface area (Å²) in [4.78, 5) is 4.27. The molecule has 0 aliphatic rings. The molecule has 0 bridgehead atoms. The lowest BCUT2D eigenvalue weighted by molar-refractivity contribution is 0.564. The molecular weight excluding hydrogens is 348 g/mol. The van der Waals surface area contributed by atoms with E-state index in [1.807, 2.05) is 56.3 Å². The molecule has 2 aromatic heterocycles. The third-order valence-electron chi connectivity index (χ3n) is 4.54. The van der Waals surface area contributed by atoms with Crippen molar-refractivity contribution >= 4 is 28.0 Å². The third kappa shape index (κ3) is 3.42. The minimum absolute atomic E-state index is 0.445. The second-order valence-corrected chi connectivity index (χ2v) is 6.50. The molecule has 1 N–H and O–H groups in total. The van der Waals surface area contributed by atoms with Crippen LogP contribution in [0.4, 0.5) is 11.7 Å². The molecule has 0 atom stereocenters. The molecule has 0 unspecified atom stereocenters. The summed E-state index contributed by atoms with van der Waals surface area (Å²) in [5.74, 6) is 0.709. The van der Waals surface area contributed by atoms with E-state index in [1.165, 1.54) is 0 Å². The number of anilines is 2. The molecule has 5 nitrogen and oxygen atoms in total. The lowest BCUT2D eigenvalue weighted by Gasteiger charge is -2.08. The van der Waals surface area contributed by atoms with Crippen molar-refractivity contribution in [1.82, 2.24) is 15.2 Å². The van der Waals surface area contributed by atoms with Gasteiger partial charge in [0.05, 0.1) is 11.9 Å². The minimum Gasteiger partial charge on any atom is -0.424 e. The summed E-state index contributed by atoms with van der Waals surface area (Å²) in [6.45, 7) is 7.62. The van der Waals surface area contributed by atoms with E-state index in [-0.39, 0.29) is 0 Å². The number of hydrogen-bond acceptors (Lipinski definition) is 5. The van der Waals surface area contributed by atoms with E-state index in [2.05, 4.69) is 39.2 Å². The van der Waals surface area contributed by atoms with Crippen molar-refractivity contribution in [3.63, 3.8) is 0 Å². The highest BCUT2D eigenvalue weighted by molar-refractivity contribution is 5.95. The molecule has 0 saturated carbocycles. The number of oxazole rings is 1. The van der Waals surface area contributed by atoms with Gasteiger partial charge in [-0.05, 0) is 31.6 Å². The number of rotatable bonds is 5. The van der Waals surface area contributed by atoms with E-state index >= 15 is 0 Å². The number of aryl methyl sites for hydroxylation is 1. The number of aromatic nitrogens is 3. The Morgan fingerprint density at radius 2 is 1.79 bits per heavy atom. The van der Waals surface area contributed by atoms with Crippen LogP contribution >= 0.6 is 0 Å². The average Bonchev–Trinajstić information content (AvgIpc) is 3.18. The zero-order chi connectivity index (χ0) is 19.5. The zero-order valence-electron chi connectivity index (χ0n) is 15.8. The van der Waals surface area contributed by atoms with Gasteiger partial charge in [-0.25, -0.2) is 4.98 Å². The monoisotopic (exact) mass is 368 g/mol. The summed E-state index contributed by atoms with van der Waals surface area (Å²) in [5, 5.41) is 14.1.